The van der Waals surface area contributed by atoms with E-state index < -0.39 is 19.9 Å². The lowest BCUT2D eigenvalue weighted by atomic mass is 10.0. The molecule has 0 aromatic carbocycles. The van der Waals surface area contributed by atoms with Crippen LogP contribution in [0.1, 0.15) is 144 Å². The lowest BCUT2D eigenvalue weighted by Gasteiger charge is -2.15. The minimum atomic E-state index is -1.79. The van der Waals surface area contributed by atoms with E-state index in [0.29, 0.717) is 0 Å². The molecule has 0 heterocycles. The highest BCUT2D eigenvalue weighted by atomic mass is 32.1. The summed E-state index contributed by atoms with van der Waals surface area (Å²) in [5.41, 5.74) is 8.80. The normalized spacial score (nSPS) is 13.8. The van der Waals surface area contributed by atoms with Crippen LogP contribution in [0.5, 0.6) is 0 Å². The number of rotatable bonds is 10. The highest BCUT2D eigenvalue weighted by Gasteiger charge is 2.13. The molecule has 0 spiro atoms. The molecule has 0 radical (unpaired) electrons. The molecule has 6 N–H and O–H groups in total. The summed E-state index contributed by atoms with van der Waals surface area (Å²) in [4.78, 5) is 0. The van der Waals surface area contributed by atoms with Crippen molar-refractivity contribution in [2.75, 3.05) is 19.8 Å². The summed E-state index contributed by atoms with van der Waals surface area (Å²) in [5.74, 6) is 0. The van der Waals surface area contributed by atoms with Crippen LogP contribution in [0.25, 0.3) is 0 Å². The lowest BCUT2D eigenvalue weighted by Crippen LogP contribution is -2.28. The van der Waals surface area contributed by atoms with Crippen molar-refractivity contribution in [1.29, 1.82) is 0 Å². The van der Waals surface area contributed by atoms with E-state index in [1.807, 2.05) is 0 Å². The predicted octanol–water partition coefficient (Wildman–Crippen LogP) is 8.05. The standard InChI is InChI=1S/C9H22O3Si.2C6H12.C4H10.2CH3NOS/c1-4-7-10-13(11-8-5-2)12-9-6-3;2*1-2-4-6-5-3-1;1-3-4-2;2*2-1(3)4/h13H,4-9H2,1-3H3;2*1-6H2;3-4H2,1-2H3;2*(H3,2,3,4). The Kier molecular flexibility index (Phi) is 50.1. The fraction of sp³-hybridized carbons (Fsp3) is 0.926. The van der Waals surface area contributed by atoms with Gasteiger partial charge in [-0.3, -0.25) is 0 Å². The average molecular weight is 587 g/mol. The molecule has 226 valence electrons. The molecule has 37 heavy (non-hydrogen) atoms. The molecule has 2 fully saturated rings. The van der Waals surface area contributed by atoms with E-state index in [1.165, 1.54) is 89.9 Å². The first-order chi connectivity index (χ1) is 17.7. The molecular formula is C27H62N2O5S2Si. The number of hydrogen-bond acceptors (Lipinski definition) is 5. The van der Waals surface area contributed by atoms with Crippen LogP contribution in [0.4, 0.5) is 0 Å². The van der Waals surface area contributed by atoms with Gasteiger partial charge >= 0.3 is 9.53 Å². The summed E-state index contributed by atoms with van der Waals surface area (Å²) < 4.78 is 16.5. The Balaban J connectivity index is -0.000000191. The van der Waals surface area contributed by atoms with Gasteiger partial charge in [-0.05, 0) is 43.7 Å². The van der Waals surface area contributed by atoms with Gasteiger partial charge in [0.05, 0.1) is 0 Å². The average Bonchev–Trinajstić information content (AvgIpc) is 2.90. The number of nitrogens with two attached hydrogens (primary N) is 2. The van der Waals surface area contributed by atoms with Crippen LogP contribution in [-0.2, 0) is 13.3 Å². The molecule has 0 amide bonds. The summed E-state index contributed by atoms with van der Waals surface area (Å²) in [6.45, 7) is 12.9. The van der Waals surface area contributed by atoms with Crippen LogP contribution in [0.15, 0.2) is 0 Å². The number of unbranched alkanes of at least 4 members (excludes halogenated alkanes) is 1. The van der Waals surface area contributed by atoms with Gasteiger partial charge in [0.15, 0.2) is 0 Å². The van der Waals surface area contributed by atoms with Crippen LogP contribution >= 0.6 is 24.4 Å². The number of hydrogen-bond donors (Lipinski definition) is 4. The zero-order chi connectivity index (χ0) is 29.0. The summed E-state index contributed by atoms with van der Waals surface area (Å²) >= 11 is 7.74. The van der Waals surface area contributed by atoms with Crippen LogP contribution in [-0.4, -0.2) is 49.9 Å². The number of aliphatic hydroxyl groups is 2. The fourth-order valence-electron chi connectivity index (χ4n) is 2.91. The van der Waals surface area contributed by atoms with Crippen molar-refractivity contribution in [1.82, 2.24) is 0 Å². The predicted molar refractivity (Wildman–Crippen MR) is 171 cm³/mol. The van der Waals surface area contributed by atoms with Crippen molar-refractivity contribution in [2.45, 2.75) is 144 Å². The first-order valence-electron chi connectivity index (χ1n) is 14.5. The van der Waals surface area contributed by atoms with E-state index >= 15 is 0 Å². The smallest absolute Gasteiger partial charge is 0.484 e. The second-order valence-electron chi connectivity index (χ2n) is 8.82. The maximum Gasteiger partial charge on any atom is 0.484 e. The topological polar surface area (TPSA) is 120 Å². The van der Waals surface area contributed by atoms with Crippen LogP contribution in [0, 0.1) is 0 Å². The largest absolute Gasteiger partial charge is 0.487 e. The maximum atomic E-state index is 7.56. The van der Waals surface area contributed by atoms with E-state index in [0.717, 1.165) is 39.1 Å². The number of thiocarbonyl (C=S) groups is 2. The van der Waals surface area contributed by atoms with Crippen molar-refractivity contribution in [2.24, 2.45) is 11.5 Å². The van der Waals surface area contributed by atoms with Gasteiger partial charge in [-0.2, -0.15) is 0 Å². The minimum Gasteiger partial charge on any atom is -0.487 e. The van der Waals surface area contributed by atoms with Gasteiger partial charge in [0.25, 0.3) is 10.3 Å². The van der Waals surface area contributed by atoms with Crippen molar-refractivity contribution < 1.29 is 23.5 Å². The Morgan fingerprint density at radius 1 is 0.514 bits per heavy atom. The molecule has 0 atom stereocenters. The van der Waals surface area contributed by atoms with Gasteiger partial charge in [-0.15, -0.1) is 0 Å². The van der Waals surface area contributed by atoms with Crippen LogP contribution in [0.3, 0.4) is 0 Å². The number of aliphatic hydroxyl groups excluding tert-OH is 2. The molecule has 7 nitrogen and oxygen atoms in total. The van der Waals surface area contributed by atoms with Crippen molar-refractivity contribution in [3.63, 3.8) is 0 Å². The second-order valence-corrected chi connectivity index (χ2v) is 11.2. The van der Waals surface area contributed by atoms with Crippen LogP contribution in [0.2, 0.25) is 0 Å². The third-order valence-electron chi connectivity index (χ3n) is 4.87. The Labute approximate surface area is 242 Å². The molecule has 0 aromatic heterocycles. The molecular weight excluding hydrogens is 525 g/mol. The Hall–Kier alpha value is -0.523. The van der Waals surface area contributed by atoms with Gasteiger partial charge in [-0.25, -0.2) is 0 Å². The van der Waals surface area contributed by atoms with Gasteiger partial charge in [0, 0.05) is 19.8 Å². The summed E-state index contributed by atoms with van der Waals surface area (Å²) in [5, 5.41) is 14.1. The third-order valence-corrected chi connectivity index (χ3v) is 6.40. The Morgan fingerprint density at radius 2 is 0.676 bits per heavy atom. The van der Waals surface area contributed by atoms with Gasteiger partial charge < -0.3 is 35.0 Å². The van der Waals surface area contributed by atoms with Crippen molar-refractivity contribution >= 4 is 44.3 Å². The summed E-state index contributed by atoms with van der Waals surface area (Å²) in [6, 6.07) is 0. The molecule has 2 aliphatic rings. The second kappa shape index (κ2) is 42.6. The van der Waals surface area contributed by atoms with E-state index in [-0.39, 0.29) is 0 Å². The fourth-order valence-corrected chi connectivity index (χ4v) is 4.48. The molecule has 2 rings (SSSR count). The SMILES string of the molecule is C1CCCCC1.C1CCCCC1.CCCC.CCCO[SiH](OCCC)OCCC.NC(O)=S.NC(O)=S. The Morgan fingerprint density at radius 3 is 0.784 bits per heavy atom. The van der Waals surface area contributed by atoms with Gasteiger partial charge in [0.2, 0.25) is 0 Å². The minimum absolute atomic E-state index is 0.500. The van der Waals surface area contributed by atoms with E-state index in [2.05, 4.69) is 70.5 Å². The molecule has 10 heteroatoms. The molecule has 0 aromatic rings. The molecule has 2 saturated carbocycles. The molecule has 0 bridgehead atoms. The highest BCUT2D eigenvalue weighted by Crippen LogP contribution is 2.15. The highest BCUT2D eigenvalue weighted by molar-refractivity contribution is 7.80. The van der Waals surface area contributed by atoms with E-state index in [1.54, 1.807) is 0 Å². The molecule has 0 saturated heterocycles. The van der Waals surface area contributed by atoms with Crippen LogP contribution < -0.4 is 11.5 Å². The van der Waals surface area contributed by atoms with E-state index in [4.69, 9.17) is 23.5 Å². The molecule has 2 aliphatic carbocycles. The summed E-state index contributed by atoms with van der Waals surface area (Å²) in [7, 11) is -1.79. The maximum absolute atomic E-state index is 7.56. The van der Waals surface area contributed by atoms with Crippen molar-refractivity contribution in [3.8, 4) is 0 Å². The molecule has 0 unspecified atom stereocenters. The zero-order valence-electron chi connectivity index (χ0n) is 24.8. The quantitative estimate of drug-likeness (QED) is 0.149. The van der Waals surface area contributed by atoms with Crippen molar-refractivity contribution in [3.05, 3.63) is 0 Å². The monoisotopic (exact) mass is 586 g/mol. The lowest BCUT2D eigenvalue weighted by molar-refractivity contribution is 0.0933. The Bertz CT molecular complexity index is 356. The zero-order valence-corrected chi connectivity index (χ0v) is 27.6. The van der Waals surface area contributed by atoms with Gasteiger partial charge in [-0.1, -0.05) is 125 Å². The first-order valence-corrected chi connectivity index (χ1v) is 16.8. The third kappa shape index (κ3) is 66.4. The van der Waals surface area contributed by atoms with E-state index in [9.17, 15) is 0 Å². The first kappa shape index (κ1) is 43.5. The van der Waals surface area contributed by atoms with Gasteiger partial charge in [0.1, 0.15) is 0 Å². The molecule has 0 aliphatic heterocycles. The summed E-state index contributed by atoms with van der Waals surface area (Å²) in [6.07, 6.45) is 23.7.